The normalized spacial score (nSPS) is 31.1. The van der Waals surface area contributed by atoms with Gasteiger partial charge >= 0.3 is 0 Å². The van der Waals surface area contributed by atoms with Crippen LogP contribution in [0.2, 0.25) is 0 Å². The van der Waals surface area contributed by atoms with E-state index in [-0.39, 0.29) is 5.41 Å². The molecule has 3 rings (SSSR count). The maximum Gasteiger partial charge on any atom is 0.137 e. The maximum absolute atomic E-state index is 12.0. The van der Waals surface area contributed by atoms with Crippen molar-refractivity contribution in [1.29, 1.82) is 0 Å². The van der Waals surface area contributed by atoms with Gasteiger partial charge in [0.05, 0.1) is 0 Å². The van der Waals surface area contributed by atoms with Gasteiger partial charge in [0.2, 0.25) is 0 Å². The molecule has 1 aromatic carbocycles. The van der Waals surface area contributed by atoms with Gasteiger partial charge in [0.1, 0.15) is 5.78 Å². The fourth-order valence-electron chi connectivity index (χ4n) is 3.67. The zero-order valence-electron chi connectivity index (χ0n) is 11.6. The molecule has 102 valence electrons. The summed E-state index contributed by atoms with van der Waals surface area (Å²) in [6.45, 7) is 6.73. The van der Waals surface area contributed by atoms with Crippen molar-refractivity contribution in [3.8, 4) is 0 Å². The van der Waals surface area contributed by atoms with Gasteiger partial charge in [0, 0.05) is 31.6 Å². The minimum Gasteiger partial charge on any atom is -0.315 e. The summed E-state index contributed by atoms with van der Waals surface area (Å²) in [5.41, 5.74) is 1.29. The molecule has 2 heterocycles. The van der Waals surface area contributed by atoms with E-state index in [1.807, 2.05) is 0 Å². The number of nitrogens with one attached hydrogen (secondary N) is 1. The number of hydrogen-bond donors (Lipinski definition) is 1. The molecule has 0 aliphatic carbocycles. The van der Waals surface area contributed by atoms with Gasteiger partial charge in [-0.25, -0.2) is 0 Å². The Balaban J connectivity index is 1.69. The second-order valence-electron chi connectivity index (χ2n) is 6.01. The monoisotopic (exact) mass is 258 g/mol. The van der Waals surface area contributed by atoms with Gasteiger partial charge in [0.15, 0.2) is 0 Å². The van der Waals surface area contributed by atoms with Gasteiger partial charge in [-0.1, -0.05) is 30.3 Å². The molecular weight excluding hydrogens is 236 g/mol. The van der Waals surface area contributed by atoms with E-state index in [9.17, 15) is 4.79 Å². The number of fused-ring (bicyclic) bond motifs is 1. The third kappa shape index (κ3) is 2.33. The van der Waals surface area contributed by atoms with Gasteiger partial charge in [-0.15, -0.1) is 0 Å². The minimum atomic E-state index is -0.0762. The third-order valence-corrected chi connectivity index (χ3v) is 4.92. The molecule has 0 unspecified atom stereocenters. The summed E-state index contributed by atoms with van der Waals surface area (Å²) in [7, 11) is 0. The fraction of sp³-hybridized carbons (Fsp3) is 0.562. The number of likely N-dealkylation sites (tertiary alicyclic amines) is 1. The number of piperidine rings is 1. The number of carbonyl (C=O) groups is 1. The van der Waals surface area contributed by atoms with Crippen molar-refractivity contribution in [3.63, 3.8) is 0 Å². The van der Waals surface area contributed by atoms with E-state index >= 15 is 0 Å². The van der Waals surface area contributed by atoms with Gasteiger partial charge in [0.25, 0.3) is 0 Å². The summed E-state index contributed by atoms with van der Waals surface area (Å²) in [5, 5.41) is 3.42. The van der Waals surface area contributed by atoms with E-state index in [4.69, 9.17) is 0 Å². The van der Waals surface area contributed by atoms with Crippen LogP contribution in [0.3, 0.4) is 0 Å². The largest absolute Gasteiger partial charge is 0.315 e. The number of Topliss-reactive ketones (excluding diaryl/α,β-unsaturated/α-hetero) is 1. The standard InChI is InChI=1S/C16H22N2O/c1-13(19)16-7-8-18(11-15(16)9-17-12-16)10-14-5-3-2-4-6-14/h2-6,15,17H,7-12H2,1H3/t15-,16-/m1/s1. The van der Waals surface area contributed by atoms with Gasteiger partial charge in [-0.2, -0.15) is 0 Å². The highest BCUT2D eigenvalue weighted by atomic mass is 16.1. The Morgan fingerprint density at radius 2 is 2.21 bits per heavy atom. The Kier molecular flexibility index (Phi) is 3.42. The molecule has 1 N–H and O–H groups in total. The maximum atomic E-state index is 12.0. The molecule has 1 aromatic rings. The summed E-state index contributed by atoms with van der Waals surface area (Å²) in [5.74, 6) is 0.865. The lowest BCUT2D eigenvalue weighted by molar-refractivity contribution is -0.130. The van der Waals surface area contributed by atoms with Gasteiger partial charge in [-0.3, -0.25) is 9.69 Å². The number of ketones is 1. The van der Waals surface area contributed by atoms with Crippen LogP contribution in [0.15, 0.2) is 30.3 Å². The summed E-state index contributed by atoms with van der Waals surface area (Å²) in [6, 6.07) is 10.6. The van der Waals surface area contributed by atoms with Crippen LogP contribution < -0.4 is 5.32 Å². The Bertz CT molecular complexity index is 459. The fourth-order valence-corrected chi connectivity index (χ4v) is 3.67. The Morgan fingerprint density at radius 1 is 1.42 bits per heavy atom. The predicted molar refractivity (Wildman–Crippen MR) is 75.8 cm³/mol. The second kappa shape index (κ2) is 5.06. The van der Waals surface area contributed by atoms with Crippen LogP contribution in [0.5, 0.6) is 0 Å². The first-order valence-electron chi connectivity index (χ1n) is 7.19. The van der Waals surface area contributed by atoms with Crippen LogP contribution in [0.1, 0.15) is 18.9 Å². The zero-order valence-corrected chi connectivity index (χ0v) is 11.6. The highest BCUT2D eigenvalue weighted by Gasteiger charge is 2.49. The Labute approximate surface area is 115 Å². The van der Waals surface area contributed by atoms with Crippen LogP contribution >= 0.6 is 0 Å². The van der Waals surface area contributed by atoms with Gasteiger partial charge in [-0.05, 0) is 31.4 Å². The highest BCUT2D eigenvalue weighted by molar-refractivity contribution is 5.83. The minimum absolute atomic E-state index is 0.0762. The lowest BCUT2D eigenvalue weighted by Crippen LogP contribution is -2.49. The molecule has 2 atom stereocenters. The molecule has 3 heteroatoms. The SMILES string of the molecule is CC(=O)[C@]12CCN(Cc3ccccc3)C[C@H]1CNC2. The summed E-state index contributed by atoms with van der Waals surface area (Å²) >= 11 is 0. The highest BCUT2D eigenvalue weighted by Crippen LogP contribution is 2.40. The first-order valence-corrected chi connectivity index (χ1v) is 7.19. The summed E-state index contributed by atoms with van der Waals surface area (Å²) in [6.07, 6.45) is 1.01. The Morgan fingerprint density at radius 3 is 2.95 bits per heavy atom. The molecule has 2 fully saturated rings. The van der Waals surface area contributed by atoms with Crippen LogP contribution in [-0.4, -0.2) is 36.9 Å². The molecule has 2 aliphatic heterocycles. The van der Waals surface area contributed by atoms with Crippen LogP contribution in [0, 0.1) is 11.3 Å². The molecule has 2 aliphatic rings. The lowest BCUT2D eigenvalue weighted by atomic mass is 9.70. The van der Waals surface area contributed by atoms with E-state index in [0.29, 0.717) is 11.7 Å². The van der Waals surface area contributed by atoms with Crippen molar-refractivity contribution in [2.75, 3.05) is 26.2 Å². The molecule has 0 spiro atoms. The van der Waals surface area contributed by atoms with E-state index < -0.39 is 0 Å². The summed E-state index contributed by atoms with van der Waals surface area (Å²) in [4.78, 5) is 14.5. The van der Waals surface area contributed by atoms with Crippen molar-refractivity contribution in [2.24, 2.45) is 11.3 Å². The topological polar surface area (TPSA) is 32.3 Å². The number of rotatable bonds is 3. The van der Waals surface area contributed by atoms with E-state index in [1.165, 1.54) is 5.56 Å². The van der Waals surface area contributed by atoms with E-state index in [0.717, 1.165) is 39.1 Å². The zero-order chi connectivity index (χ0) is 13.3. The van der Waals surface area contributed by atoms with Crippen molar-refractivity contribution >= 4 is 5.78 Å². The average molecular weight is 258 g/mol. The third-order valence-electron chi connectivity index (χ3n) is 4.92. The number of hydrogen-bond acceptors (Lipinski definition) is 3. The molecule has 2 saturated heterocycles. The first-order chi connectivity index (χ1) is 9.21. The van der Waals surface area contributed by atoms with Crippen LogP contribution in [0.4, 0.5) is 0 Å². The van der Waals surface area contributed by atoms with Gasteiger partial charge < -0.3 is 5.32 Å². The molecule has 19 heavy (non-hydrogen) atoms. The van der Waals surface area contributed by atoms with E-state index in [1.54, 1.807) is 6.92 Å². The van der Waals surface area contributed by atoms with Crippen molar-refractivity contribution in [3.05, 3.63) is 35.9 Å². The molecule has 3 nitrogen and oxygen atoms in total. The molecule has 0 aromatic heterocycles. The van der Waals surface area contributed by atoms with Crippen molar-refractivity contribution in [2.45, 2.75) is 19.9 Å². The molecule has 0 amide bonds. The number of carbonyl (C=O) groups excluding carboxylic acids is 1. The predicted octanol–water partition coefficient (Wildman–Crippen LogP) is 1.69. The smallest absolute Gasteiger partial charge is 0.137 e. The van der Waals surface area contributed by atoms with E-state index in [2.05, 4.69) is 40.5 Å². The molecule has 0 bridgehead atoms. The molecule has 0 saturated carbocycles. The quantitative estimate of drug-likeness (QED) is 0.895. The van der Waals surface area contributed by atoms with Crippen molar-refractivity contribution < 1.29 is 4.79 Å². The van der Waals surface area contributed by atoms with Crippen LogP contribution in [-0.2, 0) is 11.3 Å². The summed E-state index contributed by atoms with van der Waals surface area (Å²) < 4.78 is 0. The molecular formula is C16H22N2O. The molecule has 0 radical (unpaired) electrons. The van der Waals surface area contributed by atoms with Crippen LogP contribution in [0.25, 0.3) is 0 Å². The first kappa shape index (κ1) is 12.8. The number of benzene rings is 1. The lowest BCUT2D eigenvalue weighted by Gasteiger charge is -2.42. The number of nitrogens with zero attached hydrogens (tertiary/aromatic N) is 1. The second-order valence-corrected chi connectivity index (χ2v) is 6.01. The average Bonchev–Trinajstić information content (AvgIpc) is 2.84. The van der Waals surface area contributed by atoms with Crippen molar-refractivity contribution in [1.82, 2.24) is 10.2 Å². The Hall–Kier alpha value is -1.19.